The SMILES string of the molecule is Cc1noc(CCNc2ccccn2)n1. The molecule has 0 fully saturated rings. The van der Waals surface area contributed by atoms with Crippen molar-refractivity contribution in [1.82, 2.24) is 15.1 Å². The van der Waals surface area contributed by atoms with Crippen molar-refractivity contribution in [1.29, 1.82) is 0 Å². The van der Waals surface area contributed by atoms with Crippen LogP contribution < -0.4 is 5.32 Å². The molecule has 2 aromatic rings. The number of rotatable bonds is 4. The van der Waals surface area contributed by atoms with Crippen LogP contribution >= 0.6 is 0 Å². The maximum absolute atomic E-state index is 4.98. The zero-order valence-corrected chi connectivity index (χ0v) is 8.47. The second kappa shape index (κ2) is 4.54. The molecule has 0 saturated heterocycles. The van der Waals surface area contributed by atoms with Crippen molar-refractivity contribution in [3.63, 3.8) is 0 Å². The maximum Gasteiger partial charge on any atom is 0.228 e. The Labute approximate surface area is 87.5 Å². The highest BCUT2D eigenvalue weighted by molar-refractivity contribution is 5.32. The highest BCUT2D eigenvalue weighted by Crippen LogP contribution is 2.01. The standard InChI is InChI=1S/C10H12N4O/c1-8-13-10(15-14-8)5-7-12-9-4-2-3-6-11-9/h2-4,6H,5,7H2,1H3,(H,11,12). The summed E-state index contributed by atoms with van der Waals surface area (Å²) in [5.41, 5.74) is 0. The van der Waals surface area contributed by atoms with E-state index in [-0.39, 0.29) is 0 Å². The van der Waals surface area contributed by atoms with Gasteiger partial charge < -0.3 is 9.84 Å². The van der Waals surface area contributed by atoms with Gasteiger partial charge in [-0.25, -0.2) is 4.98 Å². The number of aryl methyl sites for hydroxylation is 1. The van der Waals surface area contributed by atoms with Crippen LogP contribution in [0.2, 0.25) is 0 Å². The predicted octanol–water partition coefficient (Wildman–Crippen LogP) is 1.43. The first-order valence-corrected chi connectivity index (χ1v) is 4.79. The molecule has 0 radical (unpaired) electrons. The lowest BCUT2D eigenvalue weighted by Crippen LogP contribution is -2.06. The first-order chi connectivity index (χ1) is 7.34. The number of pyridine rings is 1. The third-order valence-electron chi connectivity index (χ3n) is 1.88. The molecule has 0 spiro atoms. The molecule has 0 aromatic carbocycles. The minimum absolute atomic E-state index is 0.649. The Morgan fingerprint density at radius 2 is 2.33 bits per heavy atom. The van der Waals surface area contributed by atoms with Crippen LogP contribution in [-0.2, 0) is 6.42 Å². The van der Waals surface area contributed by atoms with Gasteiger partial charge in [-0.05, 0) is 19.1 Å². The summed E-state index contributed by atoms with van der Waals surface area (Å²) >= 11 is 0. The number of hydrogen-bond acceptors (Lipinski definition) is 5. The molecule has 0 bridgehead atoms. The molecule has 0 saturated carbocycles. The van der Waals surface area contributed by atoms with Crippen molar-refractivity contribution in [2.24, 2.45) is 0 Å². The van der Waals surface area contributed by atoms with Crippen molar-refractivity contribution in [3.05, 3.63) is 36.1 Å². The fourth-order valence-corrected chi connectivity index (χ4v) is 1.21. The fourth-order valence-electron chi connectivity index (χ4n) is 1.21. The summed E-state index contributed by atoms with van der Waals surface area (Å²) < 4.78 is 4.98. The summed E-state index contributed by atoms with van der Waals surface area (Å²) in [7, 11) is 0. The van der Waals surface area contributed by atoms with E-state index in [9.17, 15) is 0 Å². The summed E-state index contributed by atoms with van der Waals surface area (Å²) in [6.07, 6.45) is 2.45. The fraction of sp³-hybridized carbons (Fsp3) is 0.300. The van der Waals surface area contributed by atoms with Crippen molar-refractivity contribution in [2.75, 3.05) is 11.9 Å². The Kier molecular flexibility index (Phi) is 2.92. The number of anilines is 1. The Morgan fingerprint density at radius 3 is 3.00 bits per heavy atom. The van der Waals surface area contributed by atoms with Crippen LogP contribution in [0.4, 0.5) is 5.82 Å². The minimum Gasteiger partial charge on any atom is -0.370 e. The smallest absolute Gasteiger partial charge is 0.228 e. The second-order valence-corrected chi connectivity index (χ2v) is 3.13. The lowest BCUT2D eigenvalue weighted by molar-refractivity contribution is 0.377. The quantitative estimate of drug-likeness (QED) is 0.816. The molecule has 0 aliphatic heterocycles. The maximum atomic E-state index is 4.98. The van der Waals surface area contributed by atoms with E-state index in [1.165, 1.54) is 0 Å². The van der Waals surface area contributed by atoms with Crippen molar-refractivity contribution < 1.29 is 4.52 Å². The van der Waals surface area contributed by atoms with E-state index < -0.39 is 0 Å². The van der Waals surface area contributed by atoms with Gasteiger partial charge in [-0.3, -0.25) is 0 Å². The van der Waals surface area contributed by atoms with E-state index >= 15 is 0 Å². The van der Waals surface area contributed by atoms with E-state index in [0.717, 1.165) is 12.4 Å². The van der Waals surface area contributed by atoms with E-state index in [2.05, 4.69) is 20.4 Å². The summed E-state index contributed by atoms with van der Waals surface area (Å²) in [4.78, 5) is 8.24. The topological polar surface area (TPSA) is 63.8 Å². The van der Waals surface area contributed by atoms with Crippen molar-refractivity contribution in [2.45, 2.75) is 13.3 Å². The summed E-state index contributed by atoms with van der Waals surface area (Å²) in [6, 6.07) is 5.73. The minimum atomic E-state index is 0.649. The first kappa shape index (κ1) is 9.64. The molecule has 0 atom stereocenters. The van der Waals surface area contributed by atoms with E-state index in [1.54, 1.807) is 13.1 Å². The molecule has 15 heavy (non-hydrogen) atoms. The molecular weight excluding hydrogens is 192 g/mol. The van der Waals surface area contributed by atoms with Gasteiger partial charge in [0.15, 0.2) is 5.82 Å². The largest absolute Gasteiger partial charge is 0.370 e. The van der Waals surface area contributed by atoms with Crippen LogP contribution in [0.5, 0.6) is 0 Å². The molecule has 78 valence electrons. The molecule has 0 aliphatic rings. The summed E-state index contributed by atoms with van der Waals surface area (Å²) in [6.45, 7) is 2.54. The van der Waals surface area contributed by atoms with Gasteiger partial charge in [0.25, 0.3) is 0 Å². The van der Waals surface area contributed by atoms with E-state index in [0.29, 0.717) is 18.1 Å². The molecule has 2 aromatic heterocycles. The van der Waals surface area contributed by atoms with Gasteiger partial charge in [-0.1, -0.05) is 11.2 Å². The van der Waals surface area contributed by atoms with Crippen LogP contribution in [0, 0.1) is 6.92 Å². The molecular formula is C10H12N4O. The van der Waals surface area contributed by atoms with E-state index in [1.807, 2.05) is 18.2 Å². The van der Waals surface area contributed by atoms with Gasteiger partial charge in [0.1, 0.15) is 5.82 Å². The Bertz CT molecular complexity index is 412. The molecule has 5 nitrogen and oxygen atoms in total. The number of nitrogens with zero attached hydrogens (tertiary/aromatic N) is 3. The Hall–Kier alpha value is -1.91. The van der Waals surface area contributed by atoms with Gasteiger partial charge in [0.05, 0.1) is 0 Å². The molecule has 1 N–H and O–H groups in total. The third kappa shape index (κ3) is 2.77. The molecule has 0 unspecified atom stereocenters. The highest BCUT2D eigenvalue weighted by atomic mass is 16.5. The molecule has 0 amide bonds. The average molecular weight is 204 g/mol. The van der Waals surface area contributed by atoms with Crippen LogP contribution in [-0.4, -0.2) is 21.7 Å². The van der Waals surface area contributed by atoms with Crippen LogP contribution in [0.1, 0.15) is 11.7 Å². The van der Waals surface area contributed by atoms with Gasteiger partial charge in [0, 0.05) is 19.2 Å². The highest BCUT2D eigenvalue weighted by Gasteiger charge is 2.01. The number of hydrogen-bond donors (Lipinski definition) is 1. The van der Waals surface area contributed by atoms with Crippen LogP contribution in [0.15, 0.2) is 28.9 Å². The van der Waals surface area contributed by atoms with Gasteiger partial charge in [-0.15, -0.1) is 0 Å². The van der Waals surface area contributed by atoms with Gasteiger partial charge in [-0.2, -0.15) is 4.98 Å². The number of nitrogens with one attached hydrogen (secondary N) is 1. The predicted molar refractivity (Wildman–Crippen MR) is 55.5 cm³/mol. The third-order valence-corrected chi connectivity index (χ3v) is 1.88. The lowest BCUT2D eigenvalue weighted by atomic mass is 10.4. The normalized spacial score (nSPS) is 10.2. The zero-order valence-electron chi connectivity index (χ0n) is 8.47. The lowest BCUT2D eigenvalue weighted by Gasteiger charge is -2.01. The first-order valence-electron chi connectivity index (χ1n) is 4.79. The van der Waals surface area contributed by atoms with Crippen molar-refractivity contribution >= 4 is 5.82 Å². The Morgan fingerprint density at radius 1 is 1.40 bits per heavy atom. The summed E-state index contributed by atoms with van der Waals surface area (Å²) in [5.74, 6) is 2.17. The van der Waals surface area contributed by atoms with Crippen LogP contribution in [0.25, 0.3) is 0 Å². The molecule has 0 aliphatic carbocycles. The molecule has 5 heteroatoms. The second-order valence-electron chi connectivity index (χ2n) is 3.13. The van der Waals surface area contributed by atoms with Crippen molar-refractivity contribution in [3.8, 4) is 0 Å². The summed E-state index contributed by atoms with van der Waals surface area (Å²) in [5, 5.41) is 6.88. The zero-order chi connectivity index (χ0) is 10.5. The molecule has 2 rings (SSSR count). The monoisotopic (exact) mass is 204 g/mol. The van der Waals surface area contributed by atoms with Gasteiger partial charge >= 0.3 is 0 Å². The molecule has 2 heterocycles. The number of aromatic nitrogens is 3. The van der Waals surface area contributed by atoms with Gasteiger partial charge in [0.2, 0.25) is 5.89 Å². The van der Waals surface area contributed by atoms with E-state index in [4.69, 9.17) is 4.52 Å². The van der Waals surface area contributed by atoms with Crippen LogP contribution in [0.3, 0.4) is 0 Å². The Balaban J connectivity index is 1.80. The average Bonchev–Trinajstić information content (AvgIpc) is 2.66.